The average molecular weight is 527 g/mol. The summed E-state index contributed by atoms with van der Waals surface area (Å²) in [5.74, 6) is -7.95. The monoisotopic (exact) mass is 527 g/mol. The van der Waals surface area contributed by atoms with Crippen molar-refractivity contribution in [2.75, 3.05) is 20.3 Å². The van der Waals surface area contributed by atoms with Gasteiger partial charge < -0.3 is 25.1 Å². The molecule has 0 heterocycles. The zero-order valence-electron chi connectivity index (χ0n) is 19.0. The molecule has 198 valence electrons. The van der Waals surface area contributed by atoms with E-state index in [4.69, 9.17) is 20.3 Å². The molecule has 12 nitrogen and oxygen atoms in total. The Morgan fingerprint density at radius 2 is 1.54 bits per heavy atom. The van der Waals surface area contributed by atoms with Crippen molar-refractivity contribution in [3.05, 3.63) is 59.2 Å². The van der Waals surface area contributed by atoms with Gasteiger partial charge in [-0.15, -0.1) is 0 Å². The molecule has 0 saturated carbocycles. The highest BCUT2D eigenvalue weighted by Gasteiger charge is 2.42. The van der Waals surface area contributed by atoms with Crippen LogP contribution < -0.4 is 20.6 Å². The fraction of sp³-hybridized carbons (Fsp3) is 0.227. The molecule has 15 heteroatoms. The van der Waals surface area contributed by atoms with Gasteiger partial charge in [0, 0.05) is 24.7 Å². The van der Waals surface area contributed by atoms with Crippen LogP contribution in [0.15, 0.2) is 42.5 Å². The highest BCUT2D eigenvalue weighted by Crippen LogP contribution is 2.29. The third-order valence-electron chi connectivity index (χ3n) is 4.35. The van der Waals surface area contributed by atoms with Gasteiger partial charge in [0.05, 0.1) is 0 Å². The van der Waals surface area contributed by atoms with Crippen LogP contribution >= 0.6 is 0 Å². The molecule has 0 aliphatic carbocycles. The third kappa shape index (κ3) is 8.50. The summed E-state index contributed by atoms with van der Waals surface area (Å²) in [4.78, 5) is 58.2. The number of carbonyl (C=O) groups is 5. The van der Waals surface area contributed by atoms with Crippen LogP contribution in [0.4, 0.5) is 13.2 Å². The third-order valence-corrected chi connectivity index (χ3v) is 4.35. The molecule has 0 aliphatic rings. The van der Waals surface area contributed by atoms with E-state index >= 15 is 0 Å². The smallest absolute Gasteiger partial charge is 0.479 e. The van der Waals surface area contributed by atoms with Gasteiger partial charge in [-0.3, -0.25) is 20.0 Å². The van der Waals surface area contributed by atoms with Crippen molar-refractivity contribution in [3.8, 4) is 11.5 Å². The number of nitrogens with two attached hydrogens (primary N) is 1. The number of esters is 2. The molecule has 0 atom stereocenters. The minimum atomic E-state index is -5.40. The number of rotatable bonds is 9. The maximum atomic E-state index is 12.8. The summed E-state index contributed by atoms with van der Waals surface area (Å²) in [6.45, 7) is -1.80. The maximum absolute atomic E-state index is 12.8. The Hall–Kier alpha value is -4.66. The summed E-state index contributed by atoms with van der Waals surface area (Å²) in [7, 11) is 1.24. The fourth-order valence-corrected chi connectivity index (χ4v) is 2.59. The number of nitrogens with zero attached hydrogens (tertiary/aromatic N) is 1. The number of carboxylic acids is 1. The lowest BCUT2D eigenvalue weighted by Gasteiger charge is -2.19. The van der Waals surface area contributed by atoms with Crippen LogP contribution in [0.3, 0.4) is 0 Å². The van der Waals surface area contributed by atoms with Gasteiger partial charge in [0.15, 0.2) is 24.7 Å². The number of carbonyl (C=O) groups excluding carboxylic acids is 4. The fourth-order valence-electron chi connectivity index (χ4n) is 2.59. The van der Waals surface area contributed by atoms with Crippen molar-refractivity contribution in [1.82, 2.24) is 10.4 Å². The molecule has 37 heavy (non-hydrogen) atoms. The first-order valence-corrected chi connectivity index (χ1v) is 10.1. The second kappa shape index (κ2) is 12.3. The predicted molar refractivity (Wildman–Crippen MR) is 116 cm³/mol. The zero-order chi connectivity index (χ0) is 27.8. The second-order valence-electron chi connectivity index (χ2n) is 7.10. The summed E-state index contributed by atoms with van der Waals surface area (Å²) in [6, 6.07) is 9.51. The Kier molecular flexibility index (Phi) is 9.54. The van der Waals surface area contributed by atoms with Crippen LogP contribution in [0.1, 0.15) is 26.3 Å². The Labute approximate surface area is 206 Å². The predicted octanol–water partition coefficient (Wildman–Crippen LogP) is 1.04. The number of ether oxygens (including phenoxy) is 3. The highest BCUT2D eigenvalue weighted by atomic mass is 19.4. The number of halogens is 3. The average Bonchev–Trinajstić information content (AvgIpc) is 2.85. The lowest BCUT2D eigenvalue weighted by Crippen LogP contribution is -2.43. The van der Waals surface area contributed by atoms with E-state index in [-0.39, 0.29) is 29.2 Å². The number of hydrogen-bond acceptors (Lipinski definition) is 9. The summed E-state index contributed by atoms with van der Waals surface area (Å²) < 4.78 is 50.2. The highest BCUT2D eigenvalue weighted by molar-refractivity contribution is 5.99. The maximum Gasteiger partial charge on any atom is 0.491 e. The molecule has 2 rings (SSSR count). The van der Waals surface area contributed by atoms with E-state index in [1.807, 2.05) is 0 Å². The molecule has 4 N–H and O–H groups in total. The van der Waals surface area contributed by atoms with Crippen LogP contribution in [0, 0.1) is 0 Å². The second-order valence-corrected chi connectivity index (χ2v) is 7.10. The van der Waals surface area contributed by atoms with Crippen molar-refractivity contribution >= 4 is 29.7 Å². The van der Waals surface area contributed by atoms with Gasteiger partial charge in [0.2, 0.25) is 0 Å². The van der Waals surface area contributed by atoms with E-state index in [1.54, 1.807) is 12.1 Å². The van der Waals surface area contributed by atoms with Crippen molar-refractivity contribution < 1.29 is 56.5 Å². The van der Waals surface area contributed by atoms with Gasteiger partial charge in [-0.2, -0.15) is 13.2 Å². The van der Waals surface area contributed by atoms with Crippen molar-refractivity contribution in [2.45, 2.75) is 12.7 Å². The normalized spacial score (nSPS) is 10.7. The van der Waals surface area contributed by atoms with Crippen molar-refractivity contribution in [1.29, 1.82) is 0 Å². The summed E-state index contributed by atoms with van der Waals surface area (Å²) >= 11 is 0. The van der Waals surface area contributed by atoms with E-state index in [0.29, 0.717) is 0 Å². The Balaban J connectivity index is 2.13. The number of amides is 2. The topological polar surface area (TPSA) is 175 Å². The minimum Gasteiger partial charge on any atom is -0.479 e. The van der Waals surface area contributed by atoms with Gasteiger partial charge >= 0.3 is 24.1 Å². The minimum absolute atomic E-state index is 0.121. The summed E-state index contributed by atoms with van der Waals surface area (Å²) in [6.07, 6.45) is -5.40. The van der Waals surface area contributed by atoms with Gasteiger partial charge in [-0.1, -0.05) is 12.1 Å². The molecule has 2 aromatic rings. The first kappa shape index (κ1) is 28.6. The SMILES string of the molecule is CN(NC(=O)c1ccc(CN)cc1)C(=O)c1ccc(OCC(=O)OC(=O)C(F)(F)F)c(OCC(=O)O)c1. The van der Waals surface area contributed by atoms with Crippen molar-refractivity contribution in [2.24, 2.45) is 5.73 Å². The largest absolute Gasteiger partial charge is 0.491 e. The van der Waals surface area contributed by atoms with E-state index in [1.165, 1.54) is 19.2 Å². The molecule has 0 saturated heterocycles. The molecule has 2 amide bonds. The number of hydrogen-bond donors (Lipinski definition) is 3. The number of hydrazine groups is 1. The standard InChI is InChI=1S/C22H20F3N3O9/c1-28(27-19(32)13-4-2-12(9-26)3-5-13)20(33)14-6-7-15(16(8-14)35-10-17(29)30)36-11-18(31)37-21(34)22(23,24)25/h2-8H,9-11,26H2,1H3,(H,27,32)(H,29,30). The molecule has 0 spiro atoms. The first-order chi connectivity index (χ1) is 17.3. The first-order valence-electron chi connectivity index (χ1n) is 10.1. The molecule has 0 unspecified atom stereocenters. The molecule has 0 fully saturated rings. The van der Waals surface area contributed by atoms with Crippen molar-refractivity contribution in [3.63, 3.8) is 0 Å². The molecule has 0 aromatic heterocycles. The van der Waals surface area contributed by atoms with Gasteiger partial charge in [0.1, 0.15) is 0 Å². The zero-order valence-corrected chi connectivity index (χ0v) is 19.0. The van der Waals surface area contributed by atoms with Crippen LogP contribution in [-0.4, -0.2) is 66.3 Å². The van der Waals surface area contributed by atoms with Gasteiger partial charge in [0.25, 0.3) is 11.8 Å². The lowest BCUT2D eigenvalue weighted by atomic mass is 10.1. The van der Waals surface area contributed by atoms with Crippen LogP contribution in [0.5, 0.6) is 11.5 Å². The van der Waals surface area contributed by atoms with E-state index < -0.39 is 49.1 Å². The van der Waals surface area contributed by atoms with E-state index in [0.717, 1.165) is 28.8 Å². The van der Waals surface area contributed by atoms with E-state index in [2.05, 4.69) is 10.2 Å². The van der Waals surface area contributed by atoms with E-state index in [9.17, 15) is 37.1 Å². The lowest BCUT2D eigenvalue weighted by molar-refractivity contribution is -0.202. The molecule has 2 aromatic carbocycles. The molecule has 0 bridgehead atoms. The Bertz CT molecular complexity index is 1180. The number of benzene rings is 2. The molecule has 0 aliphatic heterocycles. The number of carboxylic acid groups (broad SMARTS) is 1. The molecular weight excluding hydrogens is 507 g/mol. The number of alkyl halides is 3. The Morgan fingerprint density at radius 3 is 2.11 bits per heavy atom. The van der Waals surface area contributed by atoms with Gasteiger partial charge in [-0.25, -0.2) is 14.4 Å². The molecular formula is C22H20F3N3O9. The number of aliphatic carboxylic acids is 1. The Morgan fingerprint density at radius 1 is 0.946 bits per heavy atom. The quantitative estimate of drug-likeness (QED) is 0.243. The van der Waals surface area contributed by atoms with Crippen LogP contribution in [0.25, 0.3) is 0 Å². The summed E-state index contributed by atoms with van der Waals surface area (Å²) in [5, 5.41) is 9.70. The van der Waals surface area contributed by atoms with Crippen LogP contribution in [0.2, 0.25) is 0 Å². The number of nitrogens with one attached hydrogen (secondary N) is 1. The van der Waals surface area contributed by atoms with Crippen LogP contribution in [-0.2, 0) is 25.7 Å². The molecule has 0 radical (unpaired) electrons. The summed E-state index contributed by atoms with van der Waals surface area (Å²) in [5.41, 5.74) is 8.76. The van der Waals surface area contributed by atoms with Gasteiger partial charge in [-0.05, 0) is 35.9 Å².